The number of halogens is 3. The number of aliphatic carboxylic acids is 1. The van der Waals surface area contributed by atoms with Gasteiger partial charge in [0, 0.05) is 29.1 Å². The van der Waals surface area contributed by atoms with E-state index >= 15 is 0 Å². The van der Waals surface area contributed by atoms with Crippen LogP contribution < -0.4 is 0 Å². The standard InChI is InChI=1S/C34H24F3NO2/c35-34(36,37)30-11-5-10-29-32(28(22-38-33(29)30)21-25-6-2-1-3-7-25)27-9-4-8-26(20-27)17-16-23-12-14-24(15-13-23)18-19-31(39)40/h1-15,20,22H,18-19,21H2,(H,39,40). The maximum absolute atomic E-state index is 13.8. The van der Waals surface area contributed by atoms with Crippen molar-refractivity contribution in [2.24, 2.45) is 0 Å². The molecule has 0 saturated heterocycles. The molecular formula is C34H24F3NO2. The molecule has 0 aliphatic carbocycles. The number of carbonyl (C=O) groups is 1. The maximum atomic E-state index is 13.8. The van der Waals surface area contributed by atoms with Gasteiger partial charge in [-0.25, -0.2) is 0 Å². The third kappa shape index (κ3) is 6.22. The number of carboxylic acids is 1. The average molecular weight is 536 g/mol. The minimum atomic E-state index is -4.53. The summed E-state index contributed by atoms with van der Waals surface area (Å²) in [7, 11) is 0. The van der Waals surface area contributed by atoms with E-state index in [9.17, 15) is 18.0 Å². The number of alkyl halides is 3. The van der Waals surface area contributed by atoms with Crippen molar-refractivity contribution < 1.29 is 23.1 Å². The smallest absolute Gasteiger partial charge is 0.418 e. The summed E-state index contributed by atoms with van der Waals surface area (Å²) in [5.41, 5.74) is 4.87. The fourth-order valence-electron chi connectivity index (χ4n) is 4.69. The molecule has 0 radical (unpaired) electrons. The second-order valence-corrected chi connectivity index (χ2v) is 9.44. The number of carboxylic acid groups (broad SMARTS) is 1. The lowest BCUT2D eigenvalue weighted by molar-refractivity contribution is -0.137. The molecule has 0 bridgehead atoms. The molecule has 5 rings (SSSR count). The van der Waals surface area contributed by atoms with Crippen LogP contribution in [0.1, 0.15) is 39.8 Å². The normalized spacial score (nSPS) is 11.2. The minimum Gasteiger partial charge on any atom is -0.481 e. The van der Waals surface area contributed by atoms with Crippen molar-refractivity contribution in [2.75, 3.05) is 0 Å². The summed E-state index contributed by atoms with van der Waals surface area (Å²) in [6, 6.07) is 28.8. The molecule has 0 aliphatic rings. The van der Waals surface area contributed by atoms with Crippen molar-refractivity contribution in [3.8, 4) is 23.0 Å². The van der Waals surface area contributed by atoms with Crippen LogP contribution in [-0.2, 0) is 23.8 Å². The summed E-state index contributed by atoms with van der Waals surface area (Å²) < 4.78 is 41.5. The van der Waals surface area contributed by atoms with Gasteiger partial charge in [0.15, 0.2) is 0 Å². The lowest BCUT2D eigenvalue weighted by Gasteiger charge is -2.16. The Kier molecular flexibility index (Phi) is 7.65. The van der Waals surface area contributed by atoms with Gasteiger partial charge >= 0.3 is 12.1 Å². The van der Waals surface area contributed by atoms with Crippen molar-refractivity contribution in [2.45, 2.75) is 25.4 Å². The lowest BCUT2D eigenvalue weighted by Crippen LogP contribution is -2.07. The number of aryl methyl sites for hydroxylation is 1. The zero-order chi connectivity index (χ0) is 28.1. The molecule has 5 aromatic rings. The molecule has 0 unspecified atom stereocenters. The number of hydrogen-bond donors (Lipinski definition) is 1. The van der Waals surface area contributed by atoms with Crippen molar-refractivity contribution in [1.29, 1.82) is 0 Å². The van der Waals surface area contributed by atoms with E-state index in [-0.39, 0.29) is 11.9 Å². The quantitative estimate of drug-likeness (QED) is 0.225. The number of nitrogens with zero attached hydrogens (tertiary/aromatic N) is 1. The van der Waals surface area contributed by atoms with Gasteiger partial charge in [0.2, 0.25) is 0 Å². The first kappa shape index (κ1) is 26.7. The van der Waals surface area contributed by atoms with E-state index in [4.69, 9.17) is 5.11 Å². The van der Waals surface area contributed by atoms with Gasteiger partial charge in [-0.1, -0.05) is 78.6 Å². The second kappa shape index (κ2) is 11.5. The van der Waals surface area contributed by atoms with Crippen LogP contribution in [0.4, 0.5) is 13.2 Å². The molecule has 1 heterocycles. The fraction of sp³-hybridized carbons (Fsp3) is 0.118. The topological polar surface area (TPSA) is 50.2 Å². The first-order valence-corrected chi connectivity index (χ1v) is 12.7. The van der Waals surface area contributed by atoms with E-state index in [2.05, 4.69) is 16.8 Å². The van der Waals surface area contributed by atoms with Crippen LogP contribution in [0.2, 0.25) is 0 Å². The molecule has 0 aliphatic heterocycles. The van der Waals surface area contributed by atoms with Crippen LogP contribution in [0.3, 0.4) is 0 Å². The molecule has 3 nitrogen and oxygen atoms in total. The average Bonchev–Trinajstić information content (AvgIpc) is 2.95. The van der Waals surface area contributed by atoms with Crippen LogP contribution in [0.25, 0.3) is 22.0 Å². The maximum Gasteiger partial charge on any atom is 0.418 e. The Morgan fingerprint density at radius 3 is 2.25 bits per heavy atom. The van der Waals surface area contributed by atoms with Gasteiger partial charge < -0.3 is 5.11 Å². The molecule has 40 heavy (non-hydrogen) atoms. The Balaban J connectivity index is 1.56. The van der Waals surface area contributed by atoms with Gasteiger partial charge in [-0.05, 0) is 71.0 Å². The largest absolute Gasteiger partial charge is 0.481 e. The van der Waals surface area contributed by atoms with Gasteiger partial charge in [-0.2, -0.15) is 13.2 Å². The number of benzene rings is 4. The Hall–Kier alpha value is -4.89. The number of hydrogen-bond acceptors (Lipinski definition) is 2. The van der Waals surface area contributed by atoms with Crippen LogP contribution >= 0.6 is 0 Å². The van der Waals surface area contributed by atoms with Gasteiger partial charge in [0.05, 0.1) is 11.1 Å². The van der Waals surface area contributed by atoms with E-state index in [1.165, 1.54) is 6.07 Å². The third-order valence-corrected chi connectivity index (χ3v) is 6.60. The van der Waals surface area contributed by atoms with Crippen LogP contribution in [0.15, 0.2) is 103 Å². The van der Waals surface area contributed by atoms with Crippen molar-refractivity contribution in [3.05, 3.63) is 137 Å². The molecule has 0 fully saturated rings. The summed E-state index contributed by atoms with van der Waals surface area (Å²) in [6.07, 6.45) is -1.95. The predicted octanol–water partition coefficient (Wildman–Crippen LogP) is 7.93. The molecule has 198 valence electrons. The Morgan fingerprint density at radius 2 is 1.52 bits per heavy atom. The fourth-order valence-corrected chi connectivity index (χ4v) is 4.69. The molecule has 0 atom stereocenters. The highest BCUT2D eigenvalue weighted by atomic mass is 19.4. The van der Waals surface area contributed by atoms with E-state index in [1.807, 2.05) is 78.9 Å². The summed E-state index contributed by atoms with van der Waals surface area (Å²) in [5.74, 6) is 5.44. The van der Waals surface area contributed by atoms with Gasteiger partial charge in [0.25, 0.3) is 0 Å². The monoisotopic (exact) mass is 535 g/mol. The van der Waals surface area contributed by atoms with Gasteiger partial charge in [-0.15, -0.1) is 0 Å². The van der Waals surface area contributed by atoms with Crippen molar-refractivity contribution >= 4 is 16.9 Å². The number of rotatable bonds is 6. The first-order valence-electron chi connectivity index (χ1n) is 12.7. The molecule has 4 aromatic carbocycles. The third-order valence-electron chi connectivity index (χ3n) is 6.60. The molecule has 0 saturated carbocycles. The highest BCUT2D eigenvalue weighted by Crippen LogP contribution is 2.39. The van der Waals surface area contributed by atoms with Crippen molar-refractivity contribution in [1.82, 2.24) is 4.98 Å². The Morgan fingerprint density at radius 1 is 0.800 bits per heavy atom. The number of aromatic nitrogens is 1. The first-order chi connectivity index (χ1) is 19.3. The number of pyridine rings is 1. The summed E-state index contributed by atoms with van der Waals surface area (Å²) in [6.45, 7) is 0. The van der Waals surface area contributed by atoms with E-state index < -0.39 is 17.7 Å². The molecule has 1 N–H and O–H groups in total. The molecule has 0 spiro atoms. The highest BCUT2D eigenvalue weighted by Gasteiger charge is 2.33. The molecular weight excluding hydrogens is 511 g/mol. The van der Waals surface area contributed by atoms with Gasteiger partial charge in [-0.3, -0.25) is 9.78 Å². The molecule has 6 heteroatoms. The summed E-state index contributed by atoms with van der Waals surface area (Å²) in [5, 5.41) is 9.30. The molecule has 0 amide bonds. The number of para-hydroxylation sites is 1. The van der Waals surface area contributed by atoms with Crippen molar-refractivity contribution in [3.63, 3.8) is 0 Å². The zero-order valence-electron chi connectivity index (χ0n) is 21.4. The summed E-state index contributed by atoms with van der Waals surface area (Å²) in [4.78, 5) is 15.1. The zero-order valence-corrected chi connectivity index (χ0v) is 21.4. The predicted molar refractivity (Wildman–Crippen MR) is 150 cm³/mol. The van der Waals surface area contributed by atoms with Crippen LogP contribution in [-0.4, -0.2) is 16.1 Å². The SMILES string of the molecule is O=C(O)CCc1ccc(C#Cc2cccc(-c3c(Cc4ccccc4)cnc4c(C(F)(F)F)cccc34)c2)cc1. The van der Waals surface area contributed by atoms with E-state index in [0.29, 0.717) is 23.8 Å². The lowest BCUT2D eigenvalue weighted by atomic mass is 9.91. The van der Waals surface area contributed by atoms with Crippen LogP contribution in [0.5, 0.6) is 0 Å². The van der Waals surface area contributed by atoms with E-state index in [0.717, 1.165) is 39.4 Å². The number of fused-ring (bicyclic) bond motifs is 1. The Labute approximate surface area is 230 Å². The minimum absolute atomic E-state index is 0.0677. The highest BCUT2D eigenvalue weighted by molar-refractivity contribution is 5.98. The summed E-state index contributed by atoms with van der Waals surface area (Å²) >= 11 is 0. The van der Waals surface area contributed by atoms with E-state index in [1.54, 1.807) is 12.3 Å². The van der Waals surface area contributed by atoms with Gasteiger partial charge in [0.1, 0.15) is 0 Å². The van der Waals surface area contributed by atoms with Crippen LogP contribution in [0, 0.1) is 11.8 Å². The Bertz CT molecular complexity index is 1730. The molecule has 1 aromatic heterocycles. The second-order valence-electron chi connectivity index (χ2n) is 9.44.